The van der Waals surface area contributed by atoms with Gasteiger partial charge in [-0.15, -0.1) is 0 Å². The van der Waals surface area contributed by atoms with Gasteiger partial charge in [-0.3, -0.25) is 18.7 Å². The summed E-state index contributed by atoms with van der Waals surface area (Å²) in [5.41, 5.74) is 1.17. The summed E-state index contributed by atoms with van der Waals surface area (Å²) in [4.78, 5) is 39.7. The van der Waals surface area contributed by atoms with Crippen LogP contribution in [0.25, 0.3) is 1.43 Å². The predicted molar refractivity (Wildman–Crippen MR) is 151 cm³/mol. The topological polar surface area (TPSA) is 110 Å². The molecule has 1 aliphatic heterocycles. The van der Waals surface area contributed by atoms with E-state index in [2.05, 4.69) is 5.11 Å². The van der Waals surface area contributed by atoms with E-state index in [1.54, 1.807) is 6.92 Å². The Morgan fingerprint density at radius 3 is 2.46 bits per heavy atom. The van der Waals surface area contributed by atoms with Crippen molar-refractivity contribution < 1.29 is 33.3 Å². The number of carboxylic acid groups (broad SMARTS) is 1. The van der Waals surface area contributed by atoms with Gasteiger partial charge in [0.05, 0.1) is 0 Å². The molecular weight excluding hydrogens is 517 g/mol. The number of hydrogen-bond donors (Lipinski definition) is 1. The van der Waals surface area contributed by atoms with Gasteiger partial charge >= 0.3 is 11.9 Å². The molecule has 1 aromatic carbocycles. The van der Waals surface area contributed by atoms with E-state index in [1.165, 1.54) is 16.9 Å². The average molecular weight is 565 g/mol. The number of amides is 1. The van der Waals surface area contributed by atoms with Gasteiger partial charge in [-0.25, -0.2) is 4.79 Å². The van der Waals surface area contributed by atoms with Gasteiger partial charge in [-0.05, 0) is 43.1 Å². The number of rotatable bonds is 14. The maximum Gasteiger partial charge on any atom is 0.326 e. The number of nitrogens with zero attached hydrogens (tertiary/aromatic N) is 1. The number of carbonyl (C=O) groups is 3. The summed E-state index contributed by atoms with van der Waals surface area (Å²) in [6.45, 7) is 5.68. The maximum atomic E-state index is 14.3. The molecule has 0 spiro atoms. The first kappa shape index (κ1) is 29.8. The lowest BCUT2D eigenvalue weighted by atomic mass is 9.79. The van der Waals surface area contributed by atoms with E-state index >= 15 is 0 Å². The number of esters is 1. The Morgan fingerprint density at radius 2 is 1.82 bits per heavy atom. The van der Waals surface area contributed by atoms with Gasteiger partial charge < -0.3 is 14.7 Å². The number of aliphatic carboxylic acids is 1. The molecule has 39 heavy (non-hydrogen) atoms. The highest BCUT2D eigenvalue weighted by atomic mass is 31.2. The van der Waals surface area contributed by atoms with Crippen molar-refractivity contribution in [3.8, 4) is 0 Å². The van der Waals surface area contributed by atoms with Crippen LogP contribution in [-0.2, 0) is 34.6 Å². The zero-order chi connectivity index (χ0) is 29.1. The standard InChI is InChI=1S/C30H46NO7P/c1-4-28(33)37-30(22(2)3)38-39(36,18-12-11-15-23-13-7-5-8-14-23)21-27(32)31-20-25(19-26(31)29(34)35)24-16-9-6-10-17-24/h5,7-8,13-14,22,24-26,30H,4,6,9-12,15-21H2,1-3H3,(H,34,35)/t25-,26+,30?,39?/m1/s1/i/hD. The highest BCUT2D eigenvalue weighted by molar-refractivity contribution is 7.59. The lowest BCUT2D eigenvalue weighted by Crippen LogP contribution is -2.42. The number of benzene rings is 1. The fourth-order valence-corrected chi connectivity index (χ4v) is 8.09. The molecule has 4 atom stereocenters. The molecule has 1 aliphatic carbocycles. The molecule has 218 valence electrons. The average Bonchev–Trinajstić information content (AvgIpc) is 3.41. The fourth-order valence-electron chi connectivity index (χ4n) is 5.79. The van der Waals surface area contributed by atoms with Crippen molar-refractivity contribution in [1.29, 1.82) is 1.43 Å². The van der Waals surface area contributed by atoms with Crippen LogP contribution in [0, 0.1) is 17.8 Å². The third-order valence-electron chi connectivity index (χ3n) is 8.05. The monoisotopic (exact) mass is 564 g/mol. The summed E-state index contributed by atoms with van der Waals surface area (Å²) in [5, 5.41) is 4.31. The summed E-state index contributed by atoms with van der Waals surface area (Å²) in [6.07, 6.45) is 7.09. The van der Waals surface area contributed by atoms with Crippen LogP contribution >= 0.6 is 7.37 Å². The lowest BCUT2D eigenvalue weighted by molar-refractivity contribution is -0.169. The fraction of sp³-hybridized carbons (Fsp3) is 0.700. The van der Waals surface area contributed by atoms with Crippen molar-refractivity contribution in [1.82, 2.24) is 4.90 Å². The number of aryl methyl sites for hydroxylation is 1. The molecular formula is C30H46NO7P. The van der Waals surface area contributed by atoms with Crippen LogP contribution in [-0.4, -0.2) is 59.1 Å². The lowest BCUT2D eigenvalue weighted by Gasteiger charge is -2.30. The minimum absolute atomic E-state index is 0.147. The number of carbonyl (C=O) groups excluding carboxylic acids is 2. The normalized spacial score (nSPS) is 22.7. The Kier molecular flexibility index (Phi) is 11.5. The molecule has 9 heteroatoms. The smallest absolute Gasteiger partial charge is 0.326 e. The molecule has 1 N–H and O–H groups in total. The molecule has 0 radical (unpaired) electrons. The zero-order valence-corrected chi connectivity index (χ0v) is 24.6. The van der Waals surface area contributed by atoms with Gasteiger partial charge in [0.15, 0.2) is 0 Å². The summed E-state index contributed by atoms with van der Waals surface area (Å²) in [6, 6.07) is 9.14. The third kappa shape index (κ3) is 9.46. The van der Waals surface area contributed by atoms with Crippen molar-refractivity contribution in [3.63, 3.8) is 0 Å². The number of likely N-dealkylation sites (tertiary alicyclic amines) is 1. The van der Waals surface area contributed by atoms with Crippen LogP contribution < -0.4 is 0 Å². The minimum Gasteiger partial charge on any atom is -0.480 e. The molecule has 2 fully saturated rings. The highest BCUT2D eigenvalue weighted by Gasteiger charge is 2.44. The van der Waals surface area contributed by atoms with Gasteiger partial charge in [0, 0.05) is 25.0 Å². The van der Waals surface area contributed by atoms with Gasteiger partial charge in [0.25, 0.3) is 1.43 Å². The Morgan fingerprint density at radius 1 is 1.10 bits per heavy atom. The van der Waals surface area contributed by atoms with Gasteiger partial charge in [-0.1, -0.05) is 83.2 Å². The second-order valence-electron chi connectivity index (χ2n) is 11.5. The van der Waals surface area contributed by atoms with E-state index < -0.39 is 37.5 Å². The summed E-state index contributed by atoms with van der Waals surface area (Å²) < 4.78 is 33.0. The second-order valence-corrected chi connectivity index (χ2v) is 14.1. The first-order valence-corrected chi connectivity index (χ1v) is 16.6. The Bertz CT molecular complexity index is 1010. The SMILES string of the molecule is [2H]OC(=O)[C@@H]1C[C@@H](C2CCCCC2)CN1C(=O)CP(=O)(CCCCc1ccccc1)OC(OC(=O)CC)C(C)C. The maximum absolute atomic E-state index is 14.3. The van der Waals surface area contributed by atoms with Crippen LogP contribution in [0.4, 0.5) is 0 Å². The molecule has 0 aromatic heterocycles. The van der Waals surface area contributed by atoms with Crippen LogP contribution in [0.15, 0.2) is 30.3 Å². The quantitative estimate of drug-likeness (QED) is 0.125. The van der Waals surface area contributed by atoms with E-state index in [0.29, 0.717) is 25.3 Å². The summed E-state index contributed by atoms with van der Waals surface area (Å²) in [5.74, 6) is -1.36. The zero-order valence-electron chi connectivity index (χ0n) is 24.7. The van der Waals surface area contributed by atoms with Crippen molar-refractivity contribution in [2.45, 2.75) is 97.3 Å². The minimum atomic E-state index is -3.61. The van der Waals surface area contributed by atoms with Crippen molar-refractivity contribution in [2.24, 2.45) is 17.8 Å². The van der Waals surface area contributed by atoms with Crippen molar-refractivity contribution >= 4 is 25.2 Å². The Labute approximate surface area is 234 Å². The van der Waals surface area contributed by atoms with Crippen molar-refractivity contribution in [3.05, 3.63) is 35.9 Å². The van der Waals surface area contributed by atoms with Crippen LogP contribution in [0.1, 0.15) is 84.1 Å². The van der Waals surface area contributed by atoms with E-state index in [4.69, 9.17) is 10.7 Å². The molecule has 1 heterocycles. The number of ether oxygens (including phenoxy) is 1. The van der Waals surface area contributed by atoms with E-state index in [1.807, 2.05) is 44.2 Å². The highest BCUT2D eigenvalue weighted by Crippen LogP contribution is 2.51. The molecule has 0 bridgehead atoms. The van der Waals surface area contributed by atoms with E-state index in [-0.39, 0.29) is 30.6 Å². The predicted octanol–water partition coefficient (Wildman–Crippen LogP) is 6.12. The molecule has 1 aromatic rings. The first-order chi connectivity index (χ1) is 19.2. The van der Waals surface area contributed by atoms with E-state index in [0.717, 1.165) is 38.5 Å². The first-order valence-electron chi connectivity index (χ1n) is 15.0. The molecule has 3 rings (SSSR count). The molecule has 1 amide bonds. The van der Waals surface area contributed by atoms with E-state index in [9.17, 15) is 18.9 Å². The Hall–Kier alpha value is -2.18. The molecule has 2 unspecified atom stereocenters. The summed E-state index contributed by atoms with van der Waals surface area (Å²) in [7, 11) is -3.61. The third-order valence-corrected chi connectivity index (χ3v) is 10.4. The van der Waals surface area contributed by atoms with Gasteiger partial charge in [-0.2, -0.15) is 0 Å². The molecule has 1 saturated carbocycles. The molecule has 1 saturated heterocycles. The van der Waals surface area contributed by atoms with Crippen LogP contribution in [0.5, 0.6) is 0 Å². The van der Waals surface area contributed by atoms with Crippen LogP contribution in [0.2, 0.25) is 0 Å². The van der Waals surface area contributed by atoms with Gasteiger partial charge in [0.1, 0.15) is 12.2 Å². The Balaban J connectivity index is 1.75. The number of hydrogen-bond acceptors (Lipinski definition) is 7. The summed E-state index contributed by atoms with van der Waals surface area (Å²) >= 11 is 0. The molecule has 8 nitrogen and oxygen atoms in total. The van der Waals surface area contributed by atoms with Gasteiger partial charge in [0.2, 0.25) is 19.6 Å². The number of carboxylic acids is 1. The largest absolute Gasteiger partial charge is 0.480 e. The second kappa shape index (κ2) is 15.0. The van der Waals surface area contributed by atoms with Crippen molar-refractivity contribution in [2.75, 3.05) is 18.9 Å². The number of unbranched alkanes of at least 4 members (excludes halogenated alkanes) is 1. The van der Waals surface area contributed by atoms with Crippen LogP contribution in [0.3, 0.4) is 0 Å². The molecule has 2 aliphatic rings.